The van der Waals surface area contributed by atoms with Crippen molar-refractivity contribution < 1.29 is 22.3 Å². The van der Waals surface area contributed by atoms with Crippen LogP contribution in [-0.4, -0.2) is 61.3 Å². The van der Waals surface area contributed by atoms with Crippen LogP contribution >= 0.6 is 11.3 Å². The van der Waals surface area contributed by atoms with Crippen LogP contribution < -0.4 is 9.46 Å². The third-order valence-corrected chi connectivity index (χ3v) is 10.1. The van der Waals surface area contributed by atoms with E-state index in [-0.39, 0.29) is 36.0 Å². The quantitative estimate of drug-likeness (QED) is 0.237. The second-order valence-electron chi connectivity index (χ2n) is 10.6. The van der Waals surface area contributed by atoms with E-state index in [9.17, 15) is 17.6 Å². The van der Waals surface area contributed by atoms with E-state index in [1.54, 1.807) is 23.8 Å². The molecule has 42 heavy (non-hydrogen) atoms. The molecule has 2 aromatic heterocycles. The summed E-state index contributed by atoms with van der Waals surface area (Å²) in [6.45, 7) is 5.17. The smallest absolute Gasteiger partial charge is 0.229 e. The van der Waals surface area contributed by atoms with Crippen LogP contribution in [0.1, 0.15) is 42.4 Å². The van der Waals surface area contributed by atoms with Gasteiger partial charge in [-0.3, -0.25) is 14.3 Å². The Morgan fingerprint density at radius 1 is 1.17 bits per heavy atom. The lowest BCUT2D eigenvalue weighted by Gasteiger charge is -2.24. The van der Waals surface area contributed by atoms with Crippen molar-refractivity contribution >= 4 is 27.3 Å². The second-order valence-corrected chi connectivity index (χ2v) is 13.4. The Kier molecular flexibility index (Phi) is 9.22. The van der Waals surface area contributed by atoms with Crippen LogP contribution in [-0.2, 0) is 16.4 Å². The van der Waals surface area contributed by atoms with Crippen LogP contribution in [0.25, 0.3) is 22.0 Å². The highest BCUT2D eigenvalue weighted by molar-refractivity contribution is 7.89. The van der Waals surface area contributed by atoms with E-state index in [0.29, 0.717) is 35.9 Å². The first kappa shape index (κ1) is 30.1. The molecule has 0 radical (unpaired) electrons. The van der Waals surface area contributed by atoms with Gasteiger partial charge in [0.2, 0.25) is 15.9 Å². The van der Waals surface area contributed by atoms with E-state index in [4.69, 9.17) is 9.72 Å². The number of hydrogen-bond donors (Lipinski definition) is 1. The fraction of sp³-hybridized carbons (Fsp3) is 0.355. The number of carbonyl (C=O) groups excluding carboxylic acids is 1. The molecule has 8 nitrogen and oxygen atoms in total. The molecule has 0 aliphatic carbocycles. The Labute approximate surface area is 250 Å². The highest BCUT2D eigenvalue weighted by atomic mass is 32.2. The molecule has 1 saturated heterocycles. The van der Waals surface area contributed by atoms with Gasteiger partial charge in [-0.15, -0.1) is 11.3 Å². The van der Waals surface area contributed by atoms with Crippen molar-refractivity contribution in [2.24, 2.45) is 5.92 Å². The van der Waals surface area contributed by atoms with Crippen molar-refractivity contribution in [2.75, 3.05) is 32.5 Å². The number of sulfonamides is 1. The van der Waals surface area contributed by atoms with Crippen LogP contribution in [0.5, 0.6) is 5.75 Å². The summed E-state index contributed by atoms with van der Waals surface area (Å²) in [5.74, 6) is 0.828. The minimum atomic E-state index is -3.55. The molecule has 1 aliphatic rings. The highest BCUT2D eigenvalue weighted by Gasteiger charge is 2.30. The zero-order valence-corrected chi connectivity index (χ0v) is 25.6. The predicted octanol–water partition coefficient (Wildman–Crippen LogP) is 5.63. The number of thiophene rings is 1. The number of carbonyl (C=O) groups is 1. The molecule has 11 heteroatoms. The number of methoxy groups -OCH3 is 1. The number of ether oxygens (including phenoxy) is 1. The van der Waals surface area contributed by atoms with E-state index >= 15 is 0 Å². The maximum Gasteiger partial charge on any atom is 0.229 e. The number of aromatic nitrogens is 2. The maximum absolute atomic E-state index is 13.3. The first-order valence-electron chi connectivity index (χ1n) is 13.9. The van der Waals surface area contributed by atoms with Gasteiger partial charge in [-0.25, -0.2) is 22.5 Å². The standard InChI is InChI=1S/C31H35FN4O4S2/c1-21(24-6-10-26(32)11-7-24)35-17-15-23(19-35)20-42(38,39)33-16-14-28-30(25-8-12-27(40-3)13-9-25)36(22(2)37)31(34-28)29-5-4-18-41-29/h4-13,18,21,23,33H,14-17,19-20H2,1-3H3. The van der Waals surface area contributed by atoms with Gasteiger partial charge < -0.3 is 4.74 Å². The molecule has 4 aromatic rings. The second kappa shape index (κ2) is 12.9. The normalized spacial score (nSPS) is 16.5. The average molecular weight is 611 g/mol. The average Bonchev–Trinajstić information content (AvgIpc) is 3.73. The molecule has 2 unspecified atom stereocenters. The molecule has 5 rings (SSSR count). The Morgan fingerprint density at radius 3 is 2.55 bits per heavy atom. The molecule has 222 valence electrons. The summed E-state index contributed by atoms with van der Waals surface area (Å²) in [4.78, 5) is 20.8. The summed E-state index contributed by atoms with van der Waals surface area (Å²) in [6.07, 6.45) is 1.10. The number of likely N-dealkylation sites (tertiary alicyclic amines) is 1. The summed E-state index contributed by atoms with van der Waals surface area (Å²) >= 11 is 1.49. The van der Waals surface area contributed by atoms with Gasteiger partial charge in [0.25, 0.3) is 0 Å². The van der Waals surface area contributed by atoms with Gasteiger partial charge in [0.15, 0.2) is 5.82 Å². The summed E-state index contributed by atoms with van der Waals surface area (Å²) < 4.78 is 49.2. The topological polar surface area (TPSA) is 93.5 Å². The lowest BCUT2D eigenvalue weighted by atomic mass is 10.1. The third kappa shape index (κ3) is 6.81. The monoisotopic (exact) mass is 610 g/mol. The molecule has 1 fully saturated rings. The van der Waals surface area contributed by atoms with Crippen LogP contribution in [0.3, 0.4) is 0 Å². The number of rotatable bonds is 11. The van der Waals surface area contributed by atoms with Crippen molar-refractivity contribution in [3.8, 4) is 27.7 Å². The number of nitrogens with zero attached hydrogens (tertiary/aromatic N) is 3. The van der Waals surface area contributed by atoms with E-state index in [1.807, 2.05) is 41.8 Å². The van der Waals surface area contributed by atoms with E-state index in [1.165, 1.54) is 30.4 Å². The van der Waals surface area contributed by atoms with Crippen molar-refractivity contribution in [2.45, 2.75) is 32.7 Å². The Balaban J connectivity index is 1.28. The van der Waals surface area contributed by atoms with Gasteiger partial charge >= 0.3 is 0 Å². The summed E-state index contributed by atoms with van der Waals surface area (Å²) in [7, 11) is -1.95. The molecule has 0 saturated carbocycles. The predicted molar refractivity (Wildman–Crippen MR) is 164 cm³/mol. The fourth-order valence-electron chi connectivity index (χ4n) is 5.56. The summed E-state index contributed by atoms with van der Waals surface area (Å²) in [5.41, 5.74) is 3.09. The maximum atomic E-state index is 13.3. The zero-order valence-electron chi connectivity index (χ0n) is 23.9. The van der Waals surface area contributed by atoms with Gasteiger partial charge in [-0.1, -0.05) is 18.2 Å². The van der Waals surface area contributed by atoms with Crippen molar-refractivity contribution in [1.29, 1.82) is 0 Å². The number of halogens is 1. The first-order chi connectivity index (χ1) is 20.1. The number of benzene rings is 2. The van der Waals surface area contributed by atoms with Crippen molar-refractivity contribution in [1.82, 2.24) is 19.2 Å². The van der Waals surface area contributed by atoms with Crippen LogP contribution in [0.4, 0.5) is 4.39 Å². The largest absolute Gasteiger partial charge is 0.497 e. The number of nitrogens with one attached hydrogen (secondary N) is 1. The van der Waals surface area contributed by atoms with Gasteiger partial charge in [-0.05, 0) is 79.2 Å². The molecule has 2 atom stereocenters. The van der Waals surface area contributed by atoms with Crippen molar-refractivity contribution in [3.63, 3.8) is 0 Å². The lowest BCUT2D eigenvalue weighted by molar-refractivity contribution is 0.0940. The summed E-state index contributed by atoms with van der Waals surface area (Å²) in [6, 6.07) is 17.8. The number of hydrogen-bond acceptors (Lipinski definition) is 7. The summed E-state index contributed by atoms with van der Waals surface area (Å²) in [5, 5.41) is 1.93. The Morgan fingerprint density at radius 2 is 1.90 bits per heavy atom. The van der Waals surface area contributed by atoms with E-state index < -0.39 is 10.0 Å². The lowest BCUT2D eigenvalue weighted by Crippen LogP contribution is -2.33. The molecule has 0 amide bonds. The molecular formula is C31H35FN4O4S2. The molecule has 0 bridgehead atoms. The molecule has 3 heterocycles. The van der Waals surface area contributed by atoms with Gasteiger partial charge in [0, 0.05) is 38.0 Å². The molecule has 0 spiro atoms. The van der Waals surface area contributed by atoms with Gasteiger partial charge in [0.05, 0.1) is 29.1 Å². The van der Waals surface area contributed by atoms with Crippen LogP contribution in [0.15, 0.2) is 66.0 Å². The third-order valence-electron chi connectivity index (χ3n) is 7.73. The fourth-order valence-corrected chi connectivity index (χ4v) is 7.69. The molecule has 1 aliphatic heterocycles. The Bertz CT molecular complexity index is 1620. The minimum Gasteiger partial charge on any atom is -0.497 e. The molecular weight excluding hydrogens is 575 g/mol. The molecule has 1 N–H and O–H groups in total. The van der Waals surface area contributed by atoms with Gasteiger partial charge in [0.1, 0.15) is 11.6 Å². The van der Waals surface area contributed by atoms with E-state index in [2.05, 4.69) is 16.5 Å². The highest BCUT2D eigenvalue weighted by Crippen LogP contribution is 2.34. The van der Waals surface area contributed by atoms with Crippen LogP contribution in [0.2, 0.25) is 0 Å². The molecule has 2 aromatic carbocycles. The van der Waals surface area contributed by atoms with Crippen LogP contribution in [0, 0.1) is 11.7 Å². The first-order valence-corrected chi connectivity index (χ1v) is 16.5. The van der Waals surface area contributed by atoms with Gasteiger partial charge in [-0.2, -0.15) is 0 Å². The van der Waals surface area contributed by atoms with E-state index in [0.717, 1.165) is 29.0 Å². The minimum absolute atomic E-state index is 0.00242. The SMILES string of the molecule is COc1ccc(-c2c(CCNS(=O)(=O)CC3CCN(C(C)c4ccc(F)cc4)C3)nc(-c3cccs3)n2C(C)=O)cc1. The Hall–Kier alpha value is -3.38. The zero-order chi connectivity index (χ0) is 29.9. The number of imidazole rings is 1. The van der Waals surface area contributed by atoms with Crippen molar-refractivity contribution in [3.05, 3.63) is 83.1 Å².